The van der Waals surface area contributed by atoms with Crippen molar-refractivity contribution < 1.29 is 4.74 Å². The molecule has 0 bridgehead atoms. The van der Waals surface area contributed by atoms with Gasteiger partial charge < -0.3 is 20.8 Å². The van der Waals surface area contributed by atoms with Crippen LogP contribution in [0.1, 0.15) is 26.6 Å². The lowest BCUT2D eigenvalue weighted by Gasteiger charge is -2.14. The van der Waals surface area contributed by atoms with Crippen LogP contribution in [0.15, 0.2) is 24.5 Å². The van der Waals surface area contributed by atoms with Crippen molar-refractivity contribution in [1.82, 2.24) is 24.9 Å². The average molecular weight is 353 g/mol. The molecule has 4 N–H and O–H groups in total. The van der Waals surface area contributed by atoms with Crippen LogP contribution in [0.4, 0.5) is 11.8 Å². The molecule has 8 heteroatoms. The second-order valence-corrected chi connectivity index (χ2v) is 6.89. The van der Waals surface area contributed by atoms with E-state index in [2.05, 4.69) is 46.0 Å². The van der Waals surface area contributed by atoms with Gasteiger partial charge in [0.25, 0.3) is 0 Å². The van der Waals surface area contributed by atoms with Crippen LogP contribution < -0.4 is 15.8 Å². The minimum absolute atomic E-state index is 0.156. The highest BCUT2D eigenvalue weighted by atomic mass is 16.5. The zero-order valence-electron chi connectivity index (χ0n) is 15.6. The standard InChI is InChI=1S/C18H23N7O/c1-18(2,3)16-24-13(10-8-12(26-5)15(19)22-9-10)14(25-16)11-6-7-21-17(20-4)23-11/h6-9H,1-5H3,(H2,19,22)(H,24,25)(H,20,21,23). The van der Waals surface area contributed by atoms with E-state index in [1.54, 1.807) is 26.6 Å². The zero-order valence-corrected chi connectivity index (χ0v) is 15.6. The molecule has 0 atom stereocenters. The lowest BCUT2D eigenvalue weighted by molar-refractivity contribution is 0.415. The number of nitrogens with zero attached hydrogens (tertiary/aromatic N) is 4. The Morgan fingerprint density at radius 2 is 1.96 bits per heavy atom. The van der Waals surface area contributed by atoms with Gasteiger partial charge in [0.15, 0.2) is 11.6 Å². The highest BCUT2D eigenvalue weighted by molar-refractivity contribution is 5.78. The lowest BCUT2D eigenvalue weighted by atomic mass is 9.96. The van der Waals surface area contributed by atoms with Gasteiger partial charge in [0.2, 0.25) is 5.95 Å². The maximum atomic E-state index is 5.85. The van der Waals surface area contributed by atoms with Crippen molar-refractivity contribution in [1.29, 1.82) is 0 Å². The Labute approximate surface area is 152 Å². The molecule has 0 fully saturated rings. The van der Waals surface area contributed by atoms with Gasteiger partial charge in [0.05, 0.1) is 24.2 Å². The van der Waals surface area contributed by atoms with Crippen LogP contribution in [-0.2, 0) is 5.41 Å². The summed E-state index contributed by atoms with van der Waals surface area (Å²) in [5.74, 6) is 2.23. The number of hydrogen-bond acceptors (Lipinski definition) is 7. The normalized spacial score (nSPS) is 11.4. The number of imidazole rings is 1. The number of rotatable bonds is 4. The molecule has 0 saturated carbocycles. The van der Waals surface area contributed by atoms with Crippen molar-refractivity contribution in [2.24, 2.45) is 0 Å². The van der Waals surface area contributed by atoms with Crippen LogP contribution in [0.2, 0.25) is 0 Å². The predicted octanol–water partition coefficient (Wildman–Crippen LogP) is 2.86. The topological polar surface area (TPSA) is 115 Å². The van der Waals surface area contributed by atoms with Crippen LogP contribution in [0, 0.1) is 0 Å². The monoisotopic (exact) mass is 353 g/mol. The van der Waals surface area contributed by atoms with Gasteiger partial charge in [-0.2, -0.15) is 0 Å². The number of ether oxygens (including phenoxy) is 1. The molecule has 0 aromatic carbocycles. The summed E-state index contributed by atoms with van der Waals surface area (Å²) in [4.78, 5) is 21.2. The number of H-pyrrole nitrogens is 1. The number of aromatic nitrogens is 5. The summed E-state index contributed by atoms with van der Waals surface area (Å²) in [6, 6.07) is 3.67. The average Bonchev–Trinajstić information content (AvgIpc) is 3.08. The minimum Gasteiger partial charge on any atom is -0.493 e. The molecule has 0 aliphatic heterocycles. The smallest absolute Gasteiger partial charge is 0.222 e. The van der Waals surface area contributed by atoms with E-state index in [0.717, 1.165) is 28.5 Å². The first-order valence-corrected chi connectivity index (χ1v) is 8.25. The quantitative estimate of drug-likeness (QED) is 0.660. The number of nitrogen functional groups attached to an aromatic ring is 1. The molecular formula is C18H23N7O. The van der Waals surface area contributed by atoms with E-state index in [1.165, 1.54) is 0 Å². The van der Waals surface area contributed by atoms with Crippen molar-refractivity contribution in [3.8, 4) is 28.4 Å². The van der Waals surface area contributed by atoms with Crippen LogP contribution in [0.5, 0.6) is 5.75 Å². The molecule has 0 amide bonds. The maximum Gasteiger partial charge on any atom is 0.222 e. The highest BCUT2D eigenvalue weighted by Crippen LogP contribution is 2.34. The molecule has 26 heavy (non-hydrogen) atoms. The Morgan fingerprint density at radius 1 is 1.19 bits per heavy atom. The Hall–Kier alpha value is -3.16. The van der Waals surface area contributed by atoms with Crippen molar-refractivity contribution in [3.05, 3.63) is 30.4 Å². The Morgan fingerprint density at radius 3 is 2.62 bits per heavy atom. The van der Waals surface area contributed by atoms with Crippen LogP contribution in [-0.4, -0.2) is 39.1 Å². The van der Waals surface area contributed by atoms with Crippen LogP contribution >= 0.6 is 0 Å². The van der Waals surface area contributed by atoms with Gasteiger partial charge in [0.1, 0.15) is 5.82 Å². The van der Waals surface area contributed by atoms with Crippen molar-refractivity contribution in [2.45, 2.75) is 26.2 Å². The van der Waals surface area contributed by atoms with E-state index >= 15 is 0 Å². The van der Waals surface area contributed by atoms with Gasteiger partial charge in [-0.25, -0.2) is 19.9 Å². The first kappa shape index (κ1) is 17.7. The number of nitrogens with one attached hydrogen (secondary N) is 2. The first-order valence-electron chi connectivity index (χ1n) is 8.25. The van der Waals surface area contributed by atoms with E-state index in [4.69, 9.17) is 15.5 Å². The summed E-state index contributed by atoms with van der Waals surface area (Å²) in [6.45, 7) is 6.29. The zero-order chi connectivity index (χ0) is 18.9. The first-order chi connectivity index (χ1) is 12.3. The molecule has 3 aromatic rings. The van der Waals surface area contributed by atoms with Crippen molar-refractivity contribution in [2.75, 3.05) is 25.2 Å². The third-order valence-corrected chi connectivity index (χ3v) is 3.92. The van der Waals surface area contributed by atoms with Crippen molar-refractivity contribution in [3.63, 3.8) is 0 Å². The summed E-state index contributed by atoms with van der Waals surface area (Å²) in [7, 11) is 3.34. The molecule has 136 valence electrons. The molecule has 0 unspecified atom stereocenters. The Kier molecular flexibility index (Phi) is 4.50. The summed E-state index contributed by atoms with van der Waals surface area (Å²) in [6.07, 6.45) is 3.39. The highest BCUT2D eigenvalue weighted by Gasteiger charge is 2.24. The van der Waals surface area contributed by atoms with E-state index < -0.39 is 0 Å². The van der Waals surface area contributed by atoms with Crippen LogP contribution in [0.3, 0.4) is 0 Å². The summed E-state index contributed by atoms with van der Waals surface area (Å²) < 4.78 is 5.30. The summed E-state index contributed by atoms with van der Waals surface area (Å²) >= 11 is 0. The molecule has 3 rings (SSSR count). The molecule has 3 aromatic heterocycles. The van der Waals surface area contributed by atoms with Gasteiger partial charge in [-0.3, -0.25) is 0 Å². The minimum atomic E-state index is -0.156. The van der Waals surface area contributed by atoms with Gasteiger partial charge in [-0.05, 0) is 12.1 Å². The van der Waals surface area contributed by atoms with Crippen LogP contribution in [0.25, 0.3) is 22.6 Å². The Bertz CT molecular complexity index is 928. The summed E-state index contributed by atoms with van der Waals surface area (Å²) in [5.41, 5.74) is 8.75. The molecular weight excluding hydrogens is 330 g/mol. The Balaban J connectivity index is 2.22. The maximum absolute atomic E-state index is 5.85. The van der Waals surface area contributed by atoms with Gasteiger partial charge in [0, 0.05) is 30.4 Å². The van der Waals surface area contributed by atoms with E-state index in [9.17, 15) is 0 Å². The van der Waals surface area contributed by atoms with Crippen molar-refractivity contribution >= 4 is 11.8 Å². The molecule has 8 nitrogen and oxygen atoms in total. The molecule has 3 heterocycles. The molecule has 0 spiro atoms. The molecule has 0 aliphatic carbocycles. The van der Waals surface area contributed by atoms with E-state index in [0.29, 0.717) is 17.5 Å². The fraction of sp³-hybridized carbons (Fsp3) is 0.333. The molecule has 0 aliphatic rings. The number of pyridine rings is 1. The second kappa shape index (κ2) is 6.62. The fourth-order valence-electron chi connectivity index (χ4n) is 2.49. The van der Waals surface area contributed by atoms with Gasteiger partial charge in [-0.1, -0.05) is 20.8 Å². The van der Waals surface area contributed by atoms with Gasteiger partial charge in [-0.15, -0.1) is 0 Å². The third kappa shape index (κ3) is 3.30. The van der Waals surface area contributed by atoms with E-state index in [1.807, 2.05) is 12.1 Å². The molecule has 0 radical (unpaired) electrons. The number of nitrogens with two attached hydrogens (primary N) is 1. The number of hydrogen-bond donors (Lipinski definition) is 3. The number of aromatic amines is 1. The predicted molar refractivity (Wildman–Crippen MR) is 102 cm³/mol. The van der Waals surface area contributed by atoms with E-state index in [-0.39, 0.29) is 5.41 Å². The number of anilines is 2. The van der Waals surface area contributed by atoms with Gasteiger partial charge >= 0.3 is 0 Å². The second-order valence-electron chi connectivity index (χ2n) is 6.89. The number of methoxy groups -OCH3 is 1. The summed E-state index contributed by atoms with van der Waals surface area (Å²) in [5, 5.41) is 2.95. The molecule has 0 saturated heterocycles. The fourth-order valence-corrected chi connectivity index (χ4v) is 2.49. The lowest BCUT2D eigenvalue weighted by Crippen LogP contribution is -2.13. The third-order valence-electron chi connectivity index (χ3n) is 3.92. The largest absolute Gasteiger partial charge is 0.493 e. The SMILES string of the molecule is CNc1nccc(-c2[nH]c(C(C)(C)C)nc2-c2cnc(N)c(OC)c2)n1.